The maximum absolute atomic E-state index is 12.4. The Balaban J connectivity index is 2.09. The minimum Gasteiger partial charge on any atom is -0.479 e. The minimum absolute atomic E-state index is 0.0184. The number of carbonyl (C=O) groups is 3. The van der Waals surface area contributed by atoms with Gasteiger partial charge in [0.05, 0.1) is 5.37 Å². The quantitative estimate of drug-likeness (QED) is 0.484. The van der Waals surface area contributed by atoms with E-state index in [2.05, 4.69) is 10.6 Å². The molecule has 1 aliphatic heterocycles. The lowest BCUT2D eigenvalue weighted by atomic mass is 10.1. The highest BCUT2D eigenvalue weighted by atomic mass is 32.2. The maximum Gasteiger partial charge on any atom is 0.351 e. The van der Waals surface area contributed by atoms with Gasteiger partial charge in [0.15, 0.2) is 6.04 Å². The Hall–Kier alpha value is -2.52. The summed E-state index contributed by atoms with van der Waals surface area (Å²) in [6.07, 6.45) is 0. The molecule has 25 heavy (non-hydrogen) atoms. The van der Waals surface area contributed by atoms with E-state index in [0.717, 1.165) is 0 Å². The summed E-state index contributed by atoms with van der Waals surface area (Å²) in [5, 5.41) is 23.0. The lowest BCUT2D eigenvalue weighted by molar-refractivity contribution is -0.142. The molecule has 9 heteroatoms. The molecule has 134 valence electrons. The second-order valence-corrected chi connectivity index (χ2v) is 6.68. The Bertz CT molecular complexity index is 707. The van der Waals surface area contributed by atoms with Gasteiger partial charge in [-0.15, -0.1) is 11.8 Å². The van der Waals surface area contributed by atoms with Crippen molar-refractivity contribution >= 4 is 29.6 Å². The van der Waals surface area contributed by atoms with Crippen molar-refractivity contribution in [3.8, 4) is 0 Å². The molecule has 6 N–H and O–H groups in total. The Morgan fingerprint density at radius 2 is 1.92 bits per heavy atom. The molecule has 1 aromatic rings. The number of hydrogen-bond acceptors (Lipinski definition) is 6. The van der Waals surface area contributed by atoms with Crippen LogP contribution in [-0.2, 0) is 14.4 Å². The second-order valence-electron chi connectivity index (χ2n) is 5.55. The van der Waals surface area contributed by atoms with Gasteiger partial charge in [0.1, 0.15) is 11.7 Å². The summed E-state index contributed by atoms with van der Waals surface area (Å²) in [5.41, 5.74) is 7.01. The molecule has 0 saturated carbocycles. The van der Waals surface area contributed by atoms with E-state index >= 15 is 0 Å². The summed E-state index contributed by atoms with van der Waals surface area (Å²) >= 11 is 1.29. The zero-order valence-electron chi connectivity index (χ0n) is 13.4. The number of amides is 1. The number of nitrogens with one attached hydrogen (secondary N) is 2. The number of carboxylic acid groups (broad SMARTS) is 2. The molecule has 0 radical (unpaired) electrons. The van der Waals surface area contributed by atoms with Gasteiger partial charge in [-0.25, -0.2) is 9.59 Å². The van der Waals surface area contributed by atoms with Gasteiger partial charge in [-0.05, 0) is 18.1 Å². The lowest BCUT2D eigenvalue weighted by Crippen LogP contribution is -2.55. The summed E-state index contributed by atoms with van der Waals surface area (Å²) in [6, 6.07) is 5.91. The molecule has 8 nitrogen and oxygen atoms in total. The number of nitrogens with two attached hydrogens (primary N) is 1. The third kappa shape index (κ3) is 4.52. The molecule has 1 amide bonds. The molecule has 3 atom stereocenters. The van der Waals surface area contributed by atoms with Crippen LogP contribution in [0.5, 0.6) is 0 Å². The maximum atomic E-state index is 12.4. The predicted octanol–water partition coefficient (Wildman–Crippen LogP) is 0.277. The fourth-order valence-electron chi connectivity index (χ4n) is 2.34. The van der Waals surface area contributed by atoms with Crippen molar-refractivity contribution in [3.63, 3.8) is 0 Å². The SMILES string of the molecule is CC1=C(C(=O)O)NC(C(N)C(=O)N[C@@H](C(=O)O)c2ccccc2)SC1. The summed E-state index contributed by atoms with van der Waals surface area (Å²) in [6.45, 7) is 1.68. The first-order valence-electron chi connectivity index (χ1n) is 7.46. The molecule has 0 saturated heterocycles. The van der Waals surface area contributed by atoms with Gasteiger partial charge in [-0.2, -0.15) is 0 Å². The zero-order chi connectivity index (χ0) is 18.6. The number of benzene rings is 1. The van der Waals surface area contributed by atoms with Crippen LogP contribution in [-0.4, -0.2) is 45.2 Å². The molecule has 0 aliphatic carbocycles. The van der Waals surface area contributed by atoms with E-state index in [1.54, 1.807) is 37.3 Å². The highest BCUT2D eigenvalue weighted by molar-refractivity contribution is 8.00. The fraction of sp³-hybridized carbons (Fsp3) is 0.312. The lowest BCUT2D eigenvalue weighted by Gasteiger charge is -2.30. The Morgan fingerprint density at radius 3 is 2.48 bits per heavy atom. The Labute approximate surface area is 148 Å². The number of carbonyl (C=O) groups excluding carboxylic acids is 1. The number of carboxylic acids is 2. The third-order valence-electron chi connectivity index (χ3n) is 3.70. The molecular formula is C16H19N3O5S. The highest BCUT2D eigenvalue weighted by Gasteiger charge is 2.33. The summed E-state index contributed by atoms with van der Waals surface area (Å²) < 4.78 is 0. The fourth-order valence-corrected chi connectivity index (χ4v) is 3.45. The van der Waals surface area contributed by atoms with Crippen molar-refractivity contribution in [2.75, 3.05) is 5.75 Å². The van der Waals surface area contributed by atoms with Crippen molar-refractivity contribution in [1.82, 2.24) is 10.6 Å². The average molecular weight is 365 g/mol. The van der Waals surface area contributed by atoms with Gasteiger partial charge < -0.3 is 26.6 Å². The van der Waals surface area contributed by atoms with E-state index in [1.807, 2.05) is 0 Å². The van der Waals surface area contributed by atoms with E-state index in [4.69, 9.17) is 10.8 Å². The highest BCUT2D eigenvalue weighted by Crippen LogP contribution is 2.24. The molecule has 0 aromatic heterocycles. The minimum atomic E-state index is -1.23. The first kappa shape index (κ1) is 18.8. The van der Waals surface area contributed by atoms with Gasteiger partial charge in [-0.3, -0.25) is 4.79 Å². The molecular weight excluding hydrogens is 346 g/mol. The number of aliphatic carboxylic acids is 2. The van der Waals surface area contributed by atoms with Crippen molar-refractivity contribution in [2.45, 2.75) is 24.4 Å². The monoisotopic (exact) mass is 365 g/mol. The van der Waals surface area contributed by atoms with E-state index in [9.17, 15) is 19.5 Å². The van der Waals surface area contributed by atoms with Crippen LogP contribution >= 0.6 is 11.8 Å². The van der Waals surface area contributed by atoms with Crippen LogP contribution in [0.25, 0.3) is 0 Å². The predicted molar refractivity (Wildman–Crippen MR) is 92.7 cm³/mol. The van der Waals surface area contributed by atoms with E-state index in [1.165, 1.54) is 11.8 Å². The molecule has 2 unspecified atom stereocenters. The smallest absolute Gasteiger partial charge is 0.351 e. The van der Waals surface area contributed by atoms with Crippen molar-refractivity contribution < 1.29 is 24.6 Å². The third-order valence-corrected chi connectivity index (χ3v) is 5.07. The van der Waals surface area contributed by atoms with E-state index in [-0.39, 0.29) is 5.70 Å². The zero-order valence-corrected chi connectivity index (χ0v) is 14.2. The average Bonchev–Trinajstić information content (AvgIpc) is 2.59. The molecule has 1 aliphatic rings. The molecule has 2 rings (SSSR count). The molecule has 0 spiro atoms. The van der Waals surface area contributed by atoms with Gasteiger partial charge in [-0.1, -0.05) is 30.3 Å². The van der Waals surface area contributed by atoms with Crippen molar-refractivity contribution in [2.24, 2.45) is 5.73 Å². The van der Waals surface area contributed by atoms with Gasteiger partial charge in [0.2, 0.25) is 5.91 Å². The van der Waals surface area contributed by atoms with Crippen molar-refractivity contribution in [1.29, 1.82) is 0 Å². The normalized spacial score (nSPS) is 19.5. The molecule has 0 bridgehead atoms. The first-order chi connectivity index (χ1) is 11.8. The van der Waals surface area contributed by atoms with Crippen LogP contribution < -0.4 is 16.4 Å². The number of thioether (sulfide) groups is 1. The Kier molecular flexibility index (Phi) is 6.05. The van der Waals surface area contributed by atoms with Gasteiger partial charge in [0.25, 0.3) is 0 Å². The van der Waals surface area contributed by atoms with Crippen LogP contribution in [0.1, 0.15) is 18.5 Å². The second kappa shape index (κ2) is 8.04. The van der Waals surface area contributed by atoms with Crippen LogP contribution in [0, 0.1) is 0 Å². The van der Waals surface area contributed by atoms with Crippen molar-refractivity contribution in [3.05, 3.63) is 47.2 Å². The summed E-state index contributed by atoms with van der Waals surface area (Å²) in [5.74, 6) is -2.59. The van der Waals surface area contributed by atoms with Crippen LogP contribution in [0.4, 0.5) is 0 Å². The van der Waals surface area contributed by atoms with Gasteiger partial charge >= 0.3 is 11.9 Å². The number of rotatable bonds is 6. The molecule has 0 fully saturated rings. The molecule has 1 heterocycles. The van der Waals surface area contributed by atoms with Gasteiger partial charge in [0, 0.05) is 5.75 Å². The van der Waals surface area contributed by atoms with Crippen LogP contribution in [0.3, 0.4) is 0 Å². The largest absolute Gasteiger partial charge is 0.479 e. The first-order valence-corrected chi connectivity index (χ1v) is 8.51. The Morgan fingerprint density at radius 1 is 1.28 bits per heavy atom. The number of hydrogen-bond donors (Lipinski definition) is 5. The molecule has 1 aromatic carbocycles. The summed E-state index contributed by atoms with van der Waals surface area (Å²) in [4.78, 5) is 35.0. The topological polar surface area (TPSA) is 142 Å². The van der Waals surface area contributed by atoms with Crippen LogP contribution in [0.15, 0.2) is 41.6 Å². The van der Waals surface area contributed by atoms with E-state index in [0.29, 0.717) is 16.9 Å². The van der Waals surface area contributed by atoms with Crippen LogP contribution in [0.2, 0.25) is 0 Å². The summed E-state index contributed by atoms with van der Waals surface area (Å²) in [7, 11) is 0. The standard InChI is InChI=1S/C16H19N3O5S/c1-8-7-25-14(19-11(8)15(21)22)10(17)13(20)18-12(16(23)24)9-5-3-2-4-6-9/h2-6,10,12,14,19H,7,17H2,1H3,(H,18,20)(H,21,22)(H,23,24)/t10?,12-,14?/m1/s1. The van der Waals surface area contributed by atoms with E-state index < -0.39 is 35.3 Å².